The van der Waals surface area contributed by atoms with Crippen molar-refractivity contribution in [3.05, 3.63) is 66.5 Å². The fraction of sp³-hybridized carbons (Fsp3) is 0.269. The first kappa shape index (κ1) is 28.7. The summed E-state index contributed by atoms with van der Waals surface area (Å²) in [4.78, 5) is 30.6. The van der Waals surface area contributed by atoms with Gasteiger partial charge in [-0.15, -0.1) is 0 Å². The van der Waals surface area contributed by atoms with Crippen molar-refractivity contribution < 1.29 is 35.9 Å². The van der Waals surface area contributed by atoms with Crippen molar-refractivity contribution in [2.45, 2.75) is 25.1 Å². The van der Waals surface area contributed by atoms with E-state index in [1.165, 1.54) is 12.0 Å². The summed E-state index contributed by atoms with van der Waals surface area (Å²) in [5, 5.41) is 4.96. The molecule has 3 N–H and O–H groups in total. The van der Waals surface area contributed by atoms with E-state index in [0.29, 0.717) is 47.6 Å². The van der Waals surface area contributed by atoms with Gasteiger partial charge in [0.2, 0.25) is 15.9 Å². The van der Waals surface area contributed by atoms with Crippen molar-refractivity contribution in [2.24, 2.45) is 0 Å². The molecule has 2 aromatic carbocycles. The maximum absolute atomic E-state index is 13.3. The number of benzene rings is 2. The Balaban J connectivity index is 1.50. The third-order valence-corrected chi connectivity index (χ3v) is 6.65. The van der Waals surface area contributed by atoms with E-state index in [-0.39, 0.29) is 5.69 Å². The van der Waals surface area contributed by atoms with Crippen LogP contribution in [0.4, 0.5) is 35.0 Å². The molecule has 1 aromatic heterocycles. The number of nitrogens with one attached hydrogen (secondary N) is 3. The lowest BCUT2D eigenvalue weighted by Crippen LogP contribution is -2.53. The number of carbonyl (C=O) groups excluding carboxylic acids is 2. The van der Waals surface area contributed by atoms with Gasteiger partial charge in [-0.25, -0.2) is 18.2 Å². The summed E-state index contributed by atoms with van der Waals surface area (Å²) in [6, 6.07) is 12.1. The van der Waals surface area contributed by atoms with Gasteiger partial charge in [0.1, 0.15) is 17.5 Å². The van der Waals surface area contributed by atoms with Crippen molar-refractivity contribution in [3.63, 3.8) is 0 Å². The lowest BCUT2D eigenvalue weighted by molar-refractivity contribution is -0.141. The fourth-order valence-corrected chi connectivity index (χ4v) is 4.88. The number of hydrogen-bond donors (Lipinski definition) is 3. The molecule has 1 aliphatic rings. The molecule has 10 nitrogen and oxygen atoms in total. The molecule has 1 aliphatic heterocycles. The molecule has 0 radical (unpaired) electrons. The number of rotatable bonds is 7. The van der Waals surface area contributed by atoms with Gasteiger partial charge in [0.15, 0.2) is 0 Å². The quantitative estimate of drug-likeness (QED) is 0.380. The van der Waals surface area contributed by atoms with Gasteiger partial charge in [0, 0.05) is 12.1 Å². The topological polar surface area (TPSA) is 130 Å². The highest BCUT2D eigenvalue weighted by molar-refractivity contribution is 7.92. The average molecular weight is 578 g/mol. The first-order chi connectivity index (χ1) is 18.9. The Morgan fingerprint density at radius 3 is 2.52 bits per heavy atom. The molecule has 1 atom stereocenters. The number of nitrogens with zero attached hydrogens (tertiary/aromatic N) is 2. The second kappa shape index (κ2) is 11.4. The van der Waals surface area contributed by atoms with Gasteiger partial charge in [0.25, 0.3) is 0 Å². The van der Waals surface area contributed by atoms with Gasteiger partial charge in [-0.2, -0.15) is 13.2 Å². The van der Waals surface area contributed by atoms with Crippen molar-refractivity contribution in [2.75, 3.05) is 34.8 Å². The van der Waals surface area contributed by atoms with E-state index in [0.717, 1.165) is 24.6 Å². The lowest BCUT2D eigenvalue weighted by atomic mass is 10.0. The van der Waals surface area contributed by atoms with Gasteiger partial charge in [0.05, 0.1) is 36.6 Å². The standard InChI is InChI=1S/C26H26F3N5O5S/c1-39-22-14-16(18-6-3-4-7-19(18)33-40(2,37)38)9-11-21(22)34-13-5-8-20(24(34)35)32-25(36)31-17-10-12-23(30-15-17)26(27,28)29/h3-4,6-7,9-12,14-15,20,33H,5,8,13H2,1-2H3,(H2,31,32,36)/t20-/m1/s1. The van der Waals surface area contributed by atoms with Gasteiger partial charge in [-0.1, -0.05) is 24.3 Å². The molecule has 3 aromatic rings. The van der Waals surface area contributed by atoms with Crippen LogP contribution in [0.2, 0.25) is 0 Å². The highest BCUT2D eigenvalue weighted by atomic mass is 32.2. The molecule has 1 fully saturated rings. The number of urea groups is 1. The summed E-state index contributed by atoms with van der Waals surface area (Å²) < 4.78 is 69.8. The van der Waals surface area contributed by atoms with Gasteiger partial charge in [-0.05, 0) is 48.7 Å². The zero-order chi connectivity index (χ0) is 29.1. The van der Waals surface area contributed by atoms with Crippen LogP contribution in [0.25, 0.3) is 11.1 Å². The number of ether oxygens (including phenoxy) is 1. The summed E-state index contributed by atoms with van der Waals surface area (Å²) in [7, 11) is -2.08. The molecule has 0 saturated carbocycles. The van der Waals surface area contributed by atoms with Crippen LogP contribution in [0.1, 0.15) is 18.5 Å². The molecule has 0 aliphatic carbocycles. The number of alkyl halides is 3. The molecular weight excluding hydrogens is 551 g/mol. The Hall–Kier alpha value is -4.33. The minimum atomic E-state index is -4.60. The number of amides is 3. The van der Waals surface area contributed by atoms with Crippen LogP contribution in [0, 0.1) is 0 Å². The van der Waals surface area contributed by atoms with E-state index in [4.69, 9.17) is 4.74 Å². The molecule has 3 amide bonds. The van der Waals surface area contributed by atoms with Gasteiger partial charge < -0.3 is 20.3 Å². The normalized spacial score (nSPS) is 15.9. The zero-order valence-electron chi connectivity index (χ0n) is 21.4. The Morgan fingerprint density at radius 2 is 1.88 bits per heavy atom. The van der Waals surface area contributed by atoms with E-state index < -0.39 is 39.9 Å². The molecule has 0 spiro atoms. The average Bonchev–Trinajstić information content (AvgIpc) is 2.89. The summed E-state index contributed by atoms with van der Waals surface area (Å²) >= 11 is 0. The third kappa shape index (κ3) is 6.81. The van der Waals surface area contributed by atoms with Crippen molar-refractivity contribution in [3.8, 4) is 16.9 Å². The summed E-state index contributed by atoms with van der Waals surface area (Å²) in [5.41, 5.74) is 1.05. The minimum Gasteiger partial charge on any atom is -0.495 e. The van der Waals surface area contributed by atoms with Crippen LogP contribution in [0.15, 0.2) is 60.8 Å². The summed E-state index contributed by atoms with van der Waals surface area (Å²) in [5.74, 6) is -0.0296. The predicted molar refractivity (Wildman–Crippen MR) is 144 cm³/mol. The molecule has 2 heterocycles. The van der Waals surface area contributed by atoms with Crippen LogP contribution < -0.4 is 25.0 Å². The number of anilines is 3. The molecule has 212 valence electrons. The third-order valence-electron chi connectivity index (χ3n) is 6.06. The van der Waals surface area contributed by atoms with E-state index >= 15 is 0 Å². The van der Waals surface area contributed by atoms with Crippen LogP contribution in [-0.4, -0.2) is 51.3 Å². The Labute approximate surface area is 228 Å². The highest BCUT2D eigenvalue weighted by Crippen LogP contribution is 2.37. The maximum Gasteiger partial charge on any atom is 0.433 e. The molecule has 14 heteroatoms. The first-order valence-corrected chi connectivity index (χ1v) is 13.9. The van der Waals surface area contributed by atoms with Crippen molar-refractivity contribution >= 4 is 39.0 Å². The highest BCUT2D eigenvalue weighted by Gasteiger charge is 2.33. The van der Waals surface area contributed by atoms with Crippen molar-refractivity contribution in [1.29, 1.82) is 0 Å². The monoisotopic (exact) mass is 577 g/mol. The fourth-order valence-electron chi connectivity index (χ4n) is 4.30. The number of aromatic nitrogens is 1. The van der Waals surface area contributed by atoms with Crippen LogP contribution in [-0.2, 0) is 21.0 Å². The van der Waals surface area contributed by atoms with Gasteiger partial charge >= 0.3 is 12.2 Å². The number of hydrogen-bond acceptors (Lipinski definition) is 6. The SMILES string of the molecule is COc1cc(-c2ccccc2NS(C)(=O)=O)ccc1N1CCC[C@@H](NC(=O)Nc2ccc(C(F)(F)F)nc2)C1=O. The molecule has 0 unspecified atom stereocenters. The van der Waals surface area contributed by atoms with Gasteiger partial charge in [-0.3, -0.25) is 9.52 Å². The number of para-hydroxylation sites is 1. The van der Waals surface area contributed by atoms with Crippen LogP contribution in [0.3, 0.4) is 0 Å². The Morgan fingerprint density at radius 1 is 1.12 bits per heavy atom. The van der Waals surface area contributed by atoms with E-state index in [1.54, 1.807) is 42.5 Å². The van der Waals surface area contributed by atoms with E-state index in [1.807, 2.05) is 0 Å². The van der Waals surface area contributed by atoms with E-state index in [2.05, 4.69) is 20.3 Å². The number of carbonyl (C=O) groups is 2. The molecule has 1 saturated heterocycles. The minimum absolute atomic E-state index is 0.0357. The second-order valence-electron chi connectivity index (χ2n) is 9.02. The largest absolute Gasteiger partial charge is 0.495 e. The second-order valence-corrected chi connectivity index (χ2v) is 10.8. The summed E-state index contributed by atoms with van der Waals surface area (Å²) in [6.07, 6.45) is -1.74. The van der Waals surface area contributed by atoms with Crippen LogP contribution in [0.5, 0.6) is 5.75 Å². The summed E-state index contributed by atoms with van der Waals surface area (Å²) in [6.45, 7) is 0.364. The lowest BCUT2D eigenvalue weighted by Gasteiger charge is -2.33. The number of methoxy groups -OCH3 is 1. The number of pyridine rings is 1. The van der Waals surface area contributed by atoms with Crippen LogP contribution >= 0.6 is 0 Å². The zero-order valence-corrected chi connectivity index (χ0v) is 22.3. The van der Waals surface area contributed by atoms with Crippen molar-refractivity contribution in [1.82, 2.24) is 10.3 Å². The smallest absolute Gasteiger partial charge is 0.433 e. The number of sulfonamides is 1. The molecular formula is C26H26F3N5O5S. The molecule has 4 rings (SSSR count). The van der Waals surface area contributed by atoms with E-state index in [9.17, 15) is 31.2 Å². The first-order valence-electron chi connectivity index (χ1n) is 12.0. The molecule has 0 bridgehead atoms. The number of halogens is 3. The number of piperidine rings is 1. The maximum atomic E-state index is 13.3. The Kier molecular flexibility index (Phi) is 8.18. The molecule has 40 heavy (non-hydrogen) atoms. The Bertz CT molecular complexity index is 1510. The predicted octanol–water partition coefficient (Wildman–Crippen LogP) is 4.46.